The van der Waals surface area contributed by atoms with Crippen molar-refractivity contribution in [3.63, 3.8) is 0 Å². The van der Waals surface area contributed by atoms with E-state index in [1.807, 2.05) is 6.08 Å². The third-order valence-corrected chi connectivity index (χ3v) is 3.90. The van der Waals surface area contributed by atoms with Crippen molar-refractivity contribution in [2.75, 3.05) is 39.3 Å². The molecule has 0 bridgehead atoms. The van der Waals surface area contributed by atoms with Gasteiger partial charge >= 0.3 is 0 Å². The number of halogens is 2. The Morgan fingerprint density at radius 1 is 1.29 bits per heavy atom. The number of benzene rings is 1. The molecule has 1 fully saturated rings. The quantitative estimate of drug-likeness (QED) is 0.779. The van der Waals surface area contributed by atoms with E-state index in [2.05, 4.69) is 11.5 Å². The molecular weight excluding hydrogens is 311 g/mol. The minimum atomic E-state index is -0.0377. The van der Waals surface area contributed by atoms with Gasteiger partial charge in [0.1, 0.15) is 5.75 Å². The standard InChI is InChI=1S/C15H18Cl2N2O2/c1-2-5-18-6-8-19(9-7-18)15(20)11-21-14-10-12(16)3-4-13(14)17/h2-4,10H,1,5-9,11H2. The van der Waals surface area contributed by atoms with E-state index in [9.17, 15) is 4.79 Å². The van der Waals surface area contributed by atoms with Crippen LogP contribution in [0.15, 0.2) is 30.9 Å². The highest BCUT2D eigenvalue weighted by Gasteiger charge is 2.20. The minimum absolute atomic E-state index is 0.0263. The molecular formula is C15H18Cl2N2O2. The van der Waals surface area contributed by atoms with E-state index in [0.29, 0.717) is 28.9 Å². The molecule has 1 aromatic carbocycles. The zero-order valence-electron chi connectivity index (χ0n) is 11.7. The van der Waals surface area contributed by atoms with Crippen LogP contribution in [0.1, 0.15) is 0 Å². The average molecular weight is 329 g/mol. The highest BCUT2D eigenvalue weighted by molar-refractivity contribution is 6.34. The van der Waals surface area contributed by atoms with Crippen molar-refractivity contribution < 1.29 is 9.53 Å². The number of nitrogens with zero attached hydrogens (tertiary/aromatic N) is 2. The number of piperazine rings is 1. The van der Waals surface area contributed by atoms with Gasteiger partial charge in [-0.25, -0.2) is 0 Å². The number of rotatable bonds is 5. The van der Waals surface area contributed by atoms with Crippen LogP contribution < -0.4 is 4.74 Å². The van der Waals surface area contributed by atoms with Gasteiger partial charge in [-0.3, -0.25) is 9.69 Å². The summed E-state index contributed by atoms with van der Waals surface area (Å²) in [5.41, 5.74) is 0. The van der Waals surface area contributed by atoms with E-state index in [4.69, 9.17) is 27.9 Å². The lowest BCUT2D eigenvalue weighted by atomic mass is 10.3. The first-order chi connectivity index (χ1) is 10.1. The normalized spacial score (nSPS) is 15.8. The summed E-state index contributed by atoms with van der Waals surface area (Å²) in [6, 6.07) is 4.94. The molecule has 21 heavy (non-hydrogen) atoms. The number of carbonyl (C=O) groups excluding carboxylic acids is 1. The van der Waals surface area contributed by atoms with Gasteiger partial charge in [0, 0.05) is 43.8 Å². The zero-order chi connectivity index (χ0) is 15.2. The molecule has 6 heteroatoms. The van der Waals surface area contributed by atoms with Gasteiger partial charge in [0.15, 0.2) is 6.61 Å². The molecule has 1 amide bonds. The lowest BCUT2D eigenvalue weighted by Crippen LogP contribution is -2.49. The van der Waals surface area contributed by atoms with Crippen molar-refractivity contribution in [2.45, 2.75) is 0 Å². The molecule has 0 spiro atoms. The van der Waals surface area contributed by atoms with Crippen LogP contribution in [0.25, 0.3) is 0 Å². The Labute approximate surface area is 134 Å². The summed E-state index contributed by atoms with van der Waals surface area (Å²) in [5, 5.41) is 0.975. The van der Waals surface area contributed by atoms with Gasteiger partial charge in [0.25, 0.3) is 5.91 Å². The van der Waals surface area contributed by atoms with Crippen LogP contribution in [0.4, 0.5) is 0 Å². The van der Waals surface area contributed by atoms with E-state index >= 15 is 0 Å². The van der Waals surface area contributed by atoms with Gasteiger partial charge in [-0.1, -0.05) is 29.3 Å². The Kier molecular flexibility index (Phi) is 5.91. The van der Waals surface area contributed by atoms with E-state index in [1.54, 1.807) is 23.1 Å². The summed E-state index contributed by atoms with van der Waals surface area (Å²) in [4.78, 5) is 16.2. The van der Waals surface area contributed by atoms with Crippen molar-refractivity contribution in [3.8, 4) is 5.75 Å². The Balaban J connectivity index is 1.82. The number of ether oxygens (including phenoxy) is 1. The summed E-state index contributed by atoms with van der Waals surface area (Å²) in [7, 11) is 0. The monoisotopic (exact) mass is 328 g/mol. The van der Waals surface area contributed by atoms with Crippen molar-refractivity contribution in [1.82, 2.24) is 9.80 Å². The molecule has 1 heterocycles. The van der Waals surface area contributed by atoms with Gasteiger partial charge in [-0.05, 0) is 12.1 Å². The van der Waals surface area contributed by atoms with E-state index in [0.717, 1.165) is 19.6 Å². The summed E-state index contributed by atoms with van der Waals surface area (Å²) >= 11 is 11.9. The molecule has 0 atom stereocenters. The number of hydrogen-bond donors (Lipinski definition) is 0. The first kappa shape index (κ1) is 16.1. The maximum absolute atomic E-state index is 12.1. The molecule has 0 unspecified atom stereocenters. The molecule has 0 aliphatic carbocycles. The maximum Gasteiger partial charge on any atom is 0.260 e. The first-order valence-corrected chi connectivity index (χ1v) is 7.54. The van der Waals surface area contributed by atoms with Crippen molar-refractivity contribution in [1.29, 1.82) is 0 Å². The van der Waals surface area contributed by atoms with Crippen molar-refractivity contribution in [2.24, 2.45) is 0 Å². The Hall–Kier alpha value is -1.23. The predicted octanol–water partition coefficient (Wildman–Crippen LogP) is 2.70. The van der Waals surface area contributed by atoms with Gasteiger partial charge in [0.2, 0.25) is 0 Å². The molecule has 114 valence electrons. The van der Waals surface area contributed by atoms with Crippen molar-refractivity contribution in [3.05, 3.63) is 40.9 Å². The fraction of sp³-hybridized carbons (Fsp3) is 0.400. The number of carbonyl (C=O) groups is 1. The van der Waals surface area contributed by atoms with E-state index in [-0.39, 0.29) is 12.5 Å². The molecule has 4 nitrogen and oxygen atoms in total. The third-order valence-electron chi connectivity index (χ3n) is 3.36. The van der Waals surface area contributed by atoms with Crippen LogP contribution in [0.5, 0.6) is 5.75 Å². The molecule has 1 aliphatic rings. The molecule has 1 saturated heterocycles. The van der Waals surface area contributed by atoms with Crippen LogP contribution in [0.3, 0.4) is 0 Å². The summed E-state index contributed by atoms with van der Waals surface area (Å²) in [6.07, 6.45) is 1.88. The topological polar surface area (TPSA) is 32.8 Å². The largest absolute Gasteiger partial charge is 0.482 e. The molecule has 2 rings (SSSR count). The second kappa shape index (κ2) is 7.69. The maximum atomic E-state index is 12.1. The van der Waals surface area contributed by atoms with Crippen LogP contribution in [0.2, 0.25) is 10.0 Å². The van der Waals surface area contributed by atoms with Crippen LogP contribution in [0, 0.1) is 0 Å². The zero-order valence-corrected chi connectivity index (χ0v) is 13.2. The smallest absolute Gasteiger partial charge is 0.260 e. The Morgan fingerprint density at radius 2 is 2.00 bits per heavy atom. The van der Waals surface area contributed by atoms with Crippen LogP contribution >= 0.6 is 23.2 Å². The second-order valence-corrected chi connectivity index (χ2v) is 5.68. The third kappa shape index (κ3) is 4.63. The second-order valence-electron chi connectivity index (χ2n) is 4.83. The van der Waals surface area contributed by atoms with Crippen molar-refractivity contribution >= 4 is 29.1 Å². The molecule has 0 saturated carbocycles. The van der Waals surface area contributed by atoms with Crippen LogP contribution in [-0.4, -0.2) is 55.0 Å². The summed E-state index contributed by atoms with van der Waals surface area (Å²) in [6.45, 7) is 7.68. The van der Waals surface area contributed by atoms with E-state index < -0.39 is 0 Å². The molecule has 0 aromatic heterocycles. The summed E-state index contributed by atoms with van der Waals surface area (Å²) < 4.78 is 5.47. The molecule has 0 radical (unpaired) electrons. The number of amides is 1. The van der Waals surface area contributed by atoms with Gasteiger partial charge in [-0.2, -0.15) is 0 Å². The van der Waals surface area contributed by atoms with Gasteiger partial charge in [-0.15, -0.1) is 6.58 Å². The first-order valence-electron chi connectivity index (χ1n) is 6.79. The predicted molar refractivity (Wildman–Crippen MR) is 85.2 cm³/mol. The summed E-state index contributed by atoms with van der Waals surface area (Å²) in [5.74, 6) is 0.395. The highest BCUT2D eigenvalue weighted by Crippen LogP contribution is 2.27. The minimum Gasteiger partial charge on any atom is -0.482 e. The fourth-order valence-electron chi connectivity index (χ4n) is 2.18. The molecule has 0 N–H and O–H groups in total. The highest BCUT2D eigenvalue weighted by atomic mass is 35.5. The number of hydrogen-bond acceptors (Lipinski definition) is 3. The Morgan fingerprint density at radius 3 is 2.67 bits per heavy atom. The van der Waals surface area contributed by atoms with Gasteiger partial charge < -0.3 is 9.64 Å². The van der Waals surface area contributed by atoms with Gasteiger partial charge in [0.05, 0.1) is 5.02 Å². The lowest BCUT2D eigenvalue weighted by molar-refractivity contribution is -0.135. The lowest BCUT2D eigenvalue weighted by Gasteiger charge is -2.34. The molecule has 1 aromatic rings. The Bertz CT molecular complexity index is 514. The van der Waals surface area contributed by atoms with Crippen LogP contribution in [-0.2, 0) is 4.79 Å². The fourth-order valence-corrected chi connectivity index (χ4v) is 2.52. The molecule has 1 aliphatic heterocycles. The SMILES string of the molecule is C=CCN1CCN(C(=O)COc2cc(Cl)ccc2Cl)CC1. The average Bonchev–Trinajstić information content (AvgIpc) is 2.49. The van der Waals surface area contributed by atoms with E-state index in [1.165, 1.54) is 0 Å².